The van der Waals surface area contributed by atoms with Crippen molar-refractivity contribution in [2.24, 2.45) is 0 Å². The first-order chi connectivity index (χ1) is 7.84. The van der Waals surface area contributed by atoms with Gasteiger partial charge in [-0.2, -0.15) is 13.2 Å². The maximum atomic E-state index is 12.9. The molecule has 0 heterocycles. The Bertz CT molecular complexity index is 419. The van der Waals surface area contributed by atoms with Gasteiger partial charge in [0.25, 0.3) is 0 Å². The van der Waals surface area contributed by atoms with E-state index in [9.17, 15) is 22.4 Å². The Kier molecular flexibility index (Phi) is 4.50. The van der Waals surface area contributed by atoms with E-state index in [0.29, 0.717) is 17.5 Å². The van der Waals surface area contributed by atoms with Crippen LogP contribution in [-0.2, 0) is 11.0 Å². The molecule has 94 valence electrons. The Morgan fingerprint density at radius 1 is 1.35 bits per heavy atom. The monoisotopic (exact) mass is 313 g/mol. The Balaban J connectivity index is 2.93. The third-order valence-electron chi connectivity index (χ3n) is 1.88. The number of alkyl halides is 4. The molecule has 0 atom stereocenters. The molecule has 0 spiro atoms. The molecule has 1 amide bonds. The van der Waals surface area contributed by atoms with Crippen LogP contribution >= 0.6 is 15.9 Å². The Morgan fingerprint density at radius 2 is 2.00 bits per heavy atom. The van der Waals surface area contributed by atoms with E-state index in [4.69, 9.17) is 0 Å². The summed E-state index contributed by atoms with van der Waals surface area (Å²) in [5.74, 6) is -1.81. The molecule has 0 bridgehead atoms. The lowest BCUT2D eigenvalue weighted by Gasteiger charge is -2.10. The van der Waals surface area contributed by atoms with E-state index >= 15 is 0 Å². The molecule has 0 aliphatic carbocycles. The summed E-state index contributed by atoms with van der Waals surface area (Å²) in [6.07, 6.45) is -4.65. The minimum atomic E-state index is -4.78. The van der Waals surface area contributed by atoms with Crippen molar-refractivity contribution in [3.05, 3.63) is 29.6 Å². The van der Waals surface area contributed by atoms with Crippen molar-refractivity contribution in [1.82, 2.24) is 0 Å². The van der Waals surface area contributed by atoms with Crippen LogP contribution in [0.3, 0.4) is 0 Å². The predicted molar refractivity (Wildman–Crippen MR) is 58.4 cm³/mol. The molecule has 0 saturated carbocycles. The molecule has 0 aromatic heterocycles. The van der Waals surface area contributed by atoms with Gasteiger partial charge in [-0.15, -0.1) is 0 Å². The van der Waals surface area contributed by atoms with Gasteiger partial charge in [-0.25, -0.2) is 4.39 Å². The zero-order chi connectivity index (χ0) is 13.1. The fourth-order valence-corrected chi connectivity index (χ4v) is 1.49. The second kappa shape index (κ2) is 5.48. The Hall–Kier alpha value is -1.11. The zero-order valence-corrected chi connectivity index (χ0v) is 10.0. The molecule has 17 heavy (non-hydrogen) atoms. The molecule has 2 nitrogen and oxygen atoms in total. The van der Waals surface area contributed by atoms with Crippen molar-refractivity contribution >= 4 is 27.5 Å². The smallest absolute Gasteiger partial charge is 0.326 e. The van der Waals surface area contributed by atoms with Gasteiger partial charge in [0, 0.05) is 17.4 Å². The summed E-state index contributed by atoms with van der Waals surface area (Å²) >= 11 is 3.02. The predicted octanol–water partition coefficient (Wildman–Crippen LogP) is 3.57. The minimum Gasteiger partial charge on any atom is -0.326 e. The average Bonchev–Trinajstić information content (AvgIpc) is 2.19. The molecule has 1 N–H and O–H groups in total. The number of rotatable bonds is 3. The Labute approximate surface area is 103 Å². The zero-order valence-electron chi connectivity index (χ0n) is 8.44. The van der Waals surface area contributed by atoms with Crippen LogP contribution < -0.4 is 5.32 Å². The Morgan fingerprint density at radius 3 is 2.53 bits per heavy atom. The van der Waals surface area contributed by atoms with E-state index in [-0.39, 0.29) is 12.1 Å². The lowest BCUT2D eigenvalue weighted by atomic mass is 10.2. The van der Waals surface area contributed by atoms with Crippen LogP contribution in [0.1, 0.15) is 12.0 Å². The maximum Gasteiger partial charge on any atom is 0.419 e. The molecular formula is C10H8BrF4NO. The van der Waals surface area contributed by atoms with Crippen molar-refractivity contribution in [2.45, 2.75) is 12.6 Å². The van der Waals surface area contributed by atoms with Gasteiger partial charge in [-0.3, -0.25) is 4.79 Å². The molecule has 7 heteroatoms. The van der Waals surface area contributed by atoms with Crippen molar-refractivity contribution < 1.29 is 22.4 Å². The largest absolute Gasteiger partial charge is 0.419 e. The highest BCUT2D eigenvalue weighted by Crippen LogP contribution is 2.32. The van der Waals surface area contributed by atoms with Gasteiger partial charge in [0.05, 0.1) is 5.56 Å². The number of hydrogen-bond donors (Lipinski definition) is 1. The van der Waals surface area contributed by atoms with Crippen LogP contribution in [0, 0.1) is 5.82 Å². The second-order valence-electron chi connectivity index (χ2n) is 3.18. The summed E-state index contributed by atoms with van der Waals surface area (Å²) in [6.45, 7) is 0. The number of halogens is 5. The van der Waals surface area contributed by atoms with Gasteiger partial charge in [-0.05, 0) is 18.2 Å². The van der Waals surface area contributed by atoms with Crippen LogP contribution in [-0.4, -0.2) is 11.2 Å². The number of carbonyl (C=O) groups excluding carboxylic acids is 1. The highest BCUT2D eigenvalue weighted by atomic mass is 79.9. The van der Waals surface area contributed by atoms with Gasteiger partial charge < -0.3 is 5.32 Å². The summed E-state index contributed by atoms with van der Waals surface area (Å²) in [6, 6.07) is 2.32. The normalized spacial score (nSPS) is 11.4. The molecule has 0 radical (unpaired) electrons. The summed E-state index contributed by atoms with van der Waals surface area (Å²) < 4.78 is 50.0. The average molecular weight is 314 g/mol. The van der Waals surface area contributed by atoms with Crippen LogP contribution in [0.4, 0.5) is 23.2 Å². The van der Waals surface area contributed by atoms with Crippen LogP contribution in [0.2, 0.25) is 0 Å². The summed E-state index contributed by atoms with van der Waals surface area (Å²) in [4.78, 5) is 11.1. The standard InChI is InChI=1S/C10H8BrF4NO/c11-4-3-9(17)16-6-1-2-8(12)7(5-6)10(13,14)15/h1-2,5H,3-4H2,(H,16,17). The maximum absolute atomic E-state index is 12.9. The number of benzene rings is 1. The molecule has 1 aromatic carbocycles. The molecule has 1 aromatic rings. The summed E-state index contributed by atoms with van der Waals surface area (Å²) in [7, 11) is 0. The molecule has 0 aliphatic rings. The van der Waals surface area contributed by atoms with E-state index in [0.717, 1.165) is 6.07 Å². The fourth-order valence-electron chi connectivity index (χ4n) is 1.13. The van der Waals surface area contributed by atoms with Crippen LogP contribution in [0.5, 0.6) is 0 Å². The summed E-state index contributed by atoms with van der Waals surface area (Å²) in [5.41, 5.74) is -1.47. The van der Waals surface area contributed by atoms with Crippen molar-refractivity contribution in [3.63, 3.8) is 0 Å². The SMILES string of the molecule is O=C(CCBr)Nc1ccc(F)c(C(F)(F)F)c1. The molecule has 0 fully saturated rings. The topological polar surface area (TPSA) is 29.1 Å². The van der Waals surface area contributed by atoms with Gasteiger partial charge in [-0.1, -0.05) is 15.9 Å². The lowest BCUT2D eigenvalue weighted by molar-refractivity contribution is -0.140. The minimum absolute atomic E-state index is 0.0790. The van der Waals surface area contributed by atoms with E-state index in [2.05, 4.69) is 21.2 Å². The van der Waals surface area contributed by atoms with E-state index in [1.807, 2.05) is 0 Å². The summed E-state index contributed by atoms with van der Waals surface area (Å²) in [5, 5.41) is 2.64. The first-order valence-electron chi connectivity index (χ1n) is 4.57. The molecule has 0 aliphatic heterocycles. The number of carbonyl (C=O) groups is 1. The second-order valence-corrected chi connectivity index (χ2v) is 3.97. The van der Waals surface area contributed by atoms with Gasteiger partial charge >= 0.3 is 6.18 Å². The third-order valence-corrected chi connectivity index (χ3v) is 2.27. The number of nitrogens with one attached hydrogen (secondary N) is 1. The van der Waals surface area contributed by atoms with Crippen molar-refractivity contribution in [2.75, 3.05) is 10.6 Å². The van der Waals surface area contributed by atoms with Crippen molar-refractivity contribution in [1.29, 1.82) is 0 Å². The number of anilines is 1. The van der Waals surface area contributed by atoms with Crippen LogP contribution in [0.15, 0.2) is 18.2 Å². The van der Waals surface area contributed by atoms with Gasteiger partial charge in [0.1, 0.15) is 5.82 Å². The quantitative estimate of drug-likeness (QED) is 0.671. The van der Waals surface area contributed by atoms with Crippen molar-refractivity contribution in [3.8, 4) is 0 Å². The highest BCUT2D eigenvalue weighted by molar-refractivity contribution is 9.09. The molecule has 0 unspecified atom stereocenters. The molecular weight excluding hydrogens is 306 g/mol. The highest BCUT2D eigenvalue weighted by Gasteiger charge is 2.34. The van der Waals surface area contributed by atoms with E-state index < -0.39 is 23.5 Å². The first kappa shape index (κ1) is 14.0. The third kappa shape index (κ3) is 3.99. The van der Waals surface area contributed by atoms with Gasteiger partial charge in [0.15, 0.2) is 0 Å². The van der Waals surface area contributed by atoms with Crippen LogP contribution in [0.25, 0.3) is 0 Å². The molecule has 1 rings (SSSR count). The first-order valence-corrected chi connectivity index (χ1v) is 5.69. The van der Waals surface area contributed by atoms with E-state index in [1.165, 1.54) is 0 Å². The lowest BCUT2D eigenvalue weighted by Crippen LogP contribution is -2.14. The number of amides is 1. The van der Waals surface area contributed by atoms with Gasteiger partial charge in [0.2, 0.25) is 5.91 Å². The number of hydrogen-bond acceptors (Lipinski definition) is 1. The van der Waals surface area contributed by atoms with E-state index in [1.54, 1.807) is 0 Å². The fraction of sp³-hybridized carbons (Fsp3) is 0.300. The molecule has 0 saturated heterocycles.